The zero-order valence-corrected chi connectivity index (χ0v) is 12.1. The number of hydrogen-bond donors (Lipinski definition) is 1. The molecule has 120 valence electrons. The van der Waals surface area contributed by atoms with Gasteiger partial charge in [0, 0.05) is 12.6 Å². The minimum atomic E-state index is -0.910. The first-order valence-electron chi connectivity index (χ1n) is 7.13. The third kappa shape index (κ3) is 3.08. The van der Waals surface area contributed by atoms with E-state index in [-0.39, 0.29) is 25.2 Å². The summed E-state index contributed by atoms with van der Waals surface area (Å²) in [5.74, 6) is -2.67. The van der Waals surface area contributed by atoms with Crippen LogP contribution in [0.2, 0.25) is 0 Å². The molecule has 0 spiro atoms. The summed E-state index contributed by atoms with van der Waals surface area (Å²) in [5, 5.41) is 2.61. The summed E-state index contributed by atoms with van der Waals surface area (Å²) >= 11 is 0. The number of halogens is 2. The van der Waals surface area contributed by atoms with Crippen LogP contribution in [0.3, 0.4) is 0 Å². The van der Waals surface area contributed by atoms with E-state index < -0.39 is 29.4 Å². The molecular formula is C16H14F2N2O3. The molecule has 0 aliphatic carbocycles. The molecule has 0 bridgehead atoms. The van der Waals surface area contributed by atoms with Gasteiger partial charge in [-0.15, -0.1) is 0 Å². The number of benzene rings is 1. The second-order valence-electron chi connectivity index (χ2n) is 5.22. The SMILES string of the molecule is O=C(NCc1ccco1)C1CCN(c2cc(F)ccc2F)C1=O. The van der Waals surface area contributed by atoms with Crippen LogP contribution in [0.1, 0.15) is 12.2 Å². The molecule has 7 heteroatoms. The first-order chi connectivity index (χ1) is 11.1. The lowest BCUT2D eigenvalue weighted by Crippen LogP contribution is -2.36. The molecule has 5 nitrogen and oxygen atoms in total. The number of hydrogen-bond acceptors (Lipinski definition) is 3. The predicted octanol–water partition coefficient (Wildman–Crippen LogP) is 2.23. The molecule has 2 aromatic rings. The summed E-state index contributed by atoms with van der Waals surface area (Å²) < 4.78 is 32.1. The van der Waals surface area contributed by atoms with Crippen molar-refractivity contribution in [1.82, 2.24) is 5.32 Å². The minimum absolute atomic E-state index is 0.142. The maximum absolute atomic E-state index is 13.8. The van der Waals surface area contributed by atoms with Crippen LogP contribution in [0.15, 0.2) is 41.0 Å². The summed E-state index contributed by atoms with van der Waals surface area (Å²) in [6.45, 7) is 0.335. The van der Waals surface area contributed by atoms with Gasteiger partial charge in [0.15, 0.2) is 0 Å². The fraction of sp³-hybridized carbons (Fsp3) is 0.250. The zero-order chi connectivity index (χ0) is 16.4. The van der Waals surface area contributed by atoms with Gasteiger partial charge in [-0.1, -0.05) is 0 Å². The molecule has 1 unspecified atom stereocenters. The number of anilines is 1. The van der Waals surface area contributed by atoms with Gasteiger partial charge < -0.3 is 14.6 Å². The third-order valence-electron chi connectivity index (χ3n) is 3.74. The largest absolute Gasteiger partial charge is 0.467 e. The molecule has 1 N–H and O–H groups in total. The smallest absolute Gasteiger partial charge is 0.239 e. The number of nitrogens with one attached hydrogen (secondary N) is 1. The summed E-state index contributed by atoms with van der Waals surface area (Å²) in [6.07, 6.45) is 1.73. The minimum Gasteiger partial charge on any atom is -0.467 e. The van der Waals surface area contributed by atoms with E-state index in [1.165, 1.54) is 6.26 Å². The molecule has 1 aliphatic rings. The van der Waals surface area contributed by atoms with E-state index in [0.29, 0.717) is 5.76 Å². The van der Waals surface area contributed by atoms with Gasteiger partial charge >= 0.3 is 0 Å². The lowest BCUT2D eigenvalue weighted by molar-refractivity contribution is -0.132. The highest BCUT2D eigenvalue weighted by molar-refractivity contribution is 6.09. The topological polar surface area (TPSA) is 62.6 Å². The third-order valence-corrected chi connectivity index (χ3v) is 3.74. The number of rotatable bonds is 4. The Bertz CT molecular complexity index is 731. The quantitative estimate of drug-likeness (QED) is 0.879. The number of carbonyl (C=O) groups is 2. The maximum Gasteiger partial charge on any atom is 0.239 e. The highest BCUT2D eigenvalue weighted by Crippen LogP contribution is 2.28. The first-order valence-corrected chi connectivity index (χ1v) is 7.13. The lowest BCUT2D eigenvalue weighted by atomic mass is 10.1. The van der Waals surface area contributed by atoms with Crippen molar-refractivity contribution in [2.24, 2.45) is 5.92 Å². The summed E-state index contributed by atoms with van der Waals surface area (Å²) in [6, 6.07) is 6.29. The number of furan rings is 1. The van der Waals surface area contributed by atoms with E-state index in [4.69, 9.17) is 4.42 Å². The molecule has 1 fully saturated rings. The van der Waals surface area contributed by atoms with Gasteiger partial charge in [-0.05, 0) is 30.7 Å². The number of nitrogens with zero attached hydrogens (tertiary/aromatic N) is 1. The molecule has 2 heterocycles. The Kier molecular flexibility index (Phi) is 4.10. The van der Waals surface area contributed by atoms with Crippen LogP contribution in [-0.2, 0) is 16.1 Å². The number of amides is 2. The standard InChI is InChI=1S/C16H14F2N2O3/c17-10-3-4-13(18)14(8-10)20-6-5-12(16(20)22)15(21)19-9-11-2-1-7-23-11/h1-4,7-8,12H,5-6,9H2,(H,19,21). The molecule has 0 radical (unpaired) electrons. The fourth-order valence-corrected chi connectivity index (χ4v) is 2.57. The average Bonchev–Trinajstić information content (AvgIpc) is 3.17. The molecule has 1 atom stereocenters. The first kappa shape index (κ1) is 15.2. The van der Waals surface area contributed by atoms with E-state index >= 15 is 0 Å². The van der Waals surface area contributed by atoms with E-state index in [1.54, 1.807) is 12.1 Å². The normalized spacial score (nSPS) is 17.6. The molecule has 2 amide bonds. The van der Waals surface area contributed by atoms with Crippen LogP contribution in [0.25, 0.3) is 0 Å². The van der Waals surface area contributed by atoms with Crippen LogP contribution in [0.5, 0.6) is 0 Å². The highest BCUT2D eigenvalue weighted by Gasteiger charge is 2.38. The van der Waals surface area contributed by atoms with Crippen LogP contribution in [0.4, 0.5) is 14.5 Å². The summed E-state index contributed by atoms with van der Waals surface area (Å²) in [7, 11) is 0. The summed E-state index contributed by atoms with van der Waals surface area (Å²) in [4.78, 5) is 25.5. The van der Waals surface area contributed by atoms with E-state index in [9.17, 15) is 18.4 Å². The molecular weight excluding hydrogens is 306 g/mol. The van der Waals surface area contributed by atoms with Gasteiger partial charge in [0.1, 0.15) is 23.3 Å². The van der Waals surface area contributed by atoms with E-state index in [1.807, 2.05) is 0 Å². The van der Waals surface area contributed by atoms with E-state index in [0.717, 1.165) is 23.1 Å². The van der Waals surface area contributed by atoms with Crippen molar-refractivity contribution in [2.75, 3.05) is 11.4 Å². The van der Waals surface area contributed by atoms with Gasteiger partial charge in [0.05, 0.1) is 18.5 Å². The van der Waals surface area contributed by atoms with Crippen molar-refractivity contribution in [3.05, 3.63) is 54.0 Å². The molecule has 1 aromatic heterocycles. The van der Waals surface area contributed by atoms with Crippen LogP contribution < -0.4 is 10.2 Å². The average molecular weight is 320 g/mol. The maximum atomic E-state index is 13.8. The van der Waals surface area contributed by atoms with Gasteiger partial charge in [0.25, 0.3) is 0 Å². The monoisotopic (exact) mass is 320 g/mol. The van der Waals surface area contributed by atoms with Crippen molar-refractivity contribution in [2.45, 2.75) is 13.0 Å². The Balaban J connectivity index is 1.68. The Morgan fingerprint density at radius 3 is 2.91 bits per heavy atom. The Morgan fingerprint density at radius 2 is 2.17 bits per heavy atom. The van der Waals surface area contributed by atoms with Gasteiger partial charge in [-0.25, -0.2) is 8.78 Å². The van der Waals surface area contributed by atoms with Crippen LogP contribution in [0, 0.1) is 17.6 Å². The second kappa shape index (κ2) is 6.20. The Morgan fingerprint density at radius 1 is 1.35 bits per heavy atom. The van der Waals surface area contributed by atoms with Gasteiger partial charge in [-0.2, -0.15) is 0 Å². The Labute approximate surface area is 130 Å². The van der Waals surface area contributed by atoms with Crippen LogP contribution >= 0.6 is 0 Å². The predicted molar refractivity (Wildman–Crippen MR) is 77.4 cm³/mol. The zero-order valence-electron chi connectivity index (χ0n) is 12.1. The van der Waals surface area contributed by atoms with Gasteiger partial charge in [-0.3, -0.25) is 9.59 Å². The van der Waals surface area contributed by atoms with Crippen molar-refractivity contribution in [1.29, 1.82) is 0 Å². The molecule has 23 heavy (non-hydrogen) atoms. The van der Waals surface area contributed by atoms with Crippen molar-refractivity contribution in [3.8, 4) is 0 Å². The second-order valence-corrected chi connectivity index (χ2v) is 5.22. The van der Waals surface area contributed by atoms with Crippen molar-refractivity contribution >= 4 is 17.5 Å². The molecule has 1 saturated heterocycles. The summed E-state index contributed by atoms with van der Waals surface area (Å²) in [5.41, 5.74) is -0.142. The molecule has 1 aromatic carbocycles. The lowest BCUT2D eigenvalue weighted by Gasteiger charge is -2.17. The fourth-order valence-electron chi connectivity index (χ4n) is 2.57. The van der Waals surface area contributed by atoms with E-state index in [2.05, 4.69) is 5.32 Å². The molecule has 0 saturated carbocycles. The number of carbonyl (C=O) groups excluding carboxylic acids is 2. The molecule has 1 aliphatic heterocycles. The molecule has 3 rings (SSSR count). The Hall–Kier alpha value is -2.70. The highest BCUT2D eigenvalue weighted by atomic mass is 19.1. The van der Waals surface area contributed by atoms with Crippen molar-refractivity contribution in [3.63, 3.8) is 0 Å². The van der Waals surface area contributed by atoms with Gasteiger partial charge in [0.2, 0.25) is 11.8 Å². The van der Waals surface area contributed by atoms with Crippen LogP contribution in [-0.4, -0.2) is 18.4 Å². The van der Waals surface area contributed by atoms with Crippen molar-refractivity contribution < 1.29 is 22.8 Å².